The van der Waals surface area contributed by atoms with E-state index in [2.05, 4.69) is 311 Å². The largest absolute Gasteiger partial charge is 0.453 e. The molecule has 1 aliphatic carbocycles. The number of ether oxygens (including phenoxy) is 1. The van der Waals surface area contributed by atoms with E-state index in [9.17, 15) is 5.41 Å². The average molecular weight is 1190 g/mol. The van der Waals surface area contributed by atoms with Crippen molar-refractivity contribution < 1.29 is 4.74 Å². The molecule has 91 heavy (non-hydrogen) atoms. The lowest BCUT2D eigenvalue weighted by Gasteiger charge is -2.42. The van der Waals surface area contributed by atoms with E-state index in [1.54, 1.807) is 0 Å². The fourth-order valence-electron chi connectivity index (χ4n) is 14.2. The number of nitrogens with one attached hydrogen (secondary N) is 1. The lowest BCUT2D eigenvalue weighted by molar-refractivity contribution is 0.477. The topological polar surface area (TPSA) is 60.1 Å². The van der Waals surface area contributed by atoms with Gasteiger partial charge in [0.25, 0.3) is 0 Å². The van der Waals surface area contributed by atoms with Crippen LogP contribution >= 0.6 is 12.8 Å². The van der Waals surface area contributed by atoms with Crippen LogP contribution in [0, 0.1) is 5.41 Å². The van der Waals surface area contributed by atoms with E-state index in [0.29, 0.717) is 5.71 Å². The molecule has 2 aliphatic heterocycles. The zero-order chi connectivity index (χ0) is 60.9. The predicted molar refractivity (Wildman–Crippen MR) is 383 cm³/mol. The summed E-state index contributed by atoms with van der Waals surface area (Å²) in [5, 5.41) is 17.2. The summed E-state index contributed by atoms with van der Waals surface area (Å²) in [4.78, 5) is 6.84. The van der Waals surface area contributed by atoms with Crippen LogP contribution in [0.15, 0.2) is 313 Å². The van der Waals surface area contributed by atoms with Gasteiger partial charge in [-0.1, -0.05) is 190 Å². The normalized spacial score (nSPS) is 14.4. The summed E-state index contributed by atoms with van der Waals surface area (Å²) in [6.07, 6.45) is 4.13. The number of nitrogens with zero attached hydrogens (tertiary/aromatic N) is 5. The second-order valence-corrected chi connectivity index (χ2v) is 24.3. The summed E-state index contributed by atoms with van der Waals surface area (Å²) in [5.41, 5.74) is 21.5. The zero-order valence-electron chi connectivity index (χ0n) is 50.0. The van der Waals surface area contributed by atoms with E-state index in [1.165, 1.54) is 54.8 Å². The molecule has 0 fully saturated rings. The highest BCUT2D eigenvalue weighted by molar-refractivity contribution is 7.79. The molecule has 7 nitrogen and oxygen atoms in total. The van der Waals surface area contributed by atoms with Crippen molar-refractivity contribution >= 4 is 119 Å². The molecule has 0 spiro atoms. The molecule has 1 N–H and O–H groups in total. The van der Waals surface area contributed by atoms with Gasteiger partial charge in [-0.2, -0.15) is 0 Å². The quantitative estimate of drug-likeness (QED) is 0.0859. The summed E-state index contributed by atoms with van der Waals surface area (Å²) < 4.78 is 13.5. The van der Waals surface area contributed by atoms with Crippen molar-refractivity contribution in [1.29, 1.82) is 5.41 Å². The standard InChI is InChI=1S/C83H58N6OS/c1-83(2)70-23-8-10-25-73(70)87(74-26-11-9-24-71(74)83)62-41-33-55(34-42-62)59-38-47-72-69(51-59)67-45-37-60-49-57-19-6-7-20-58(57)50-68(60)82(67)89(72)63-43-35-56(36-44-63)66-46-48-77(81(85-91)80(66)84)86(61-39-31-54(32-40-61)53-17-4-3-5-18-53)64-21-16-22-65(52-64)88-75-27-12-14-29-78(75)90-79-30-15-13-28-76(79)88/h3-52,84,91H,1-2H3/b84-80?,85-81-. The van der Waals surface area contributed by atoms with Crippen molar-refractivity contribution in [2.45, 2.75) is 19.3 Å². The van der Waals surface area contributed by atoms with Crippen LogP contribution in [0.2, 0.25) is 0 Å². The zero-order valence-corrected chi connectivity index (χ0v) is 50.9. The minimum atomic E-state index is -0.130. The van der Waals surface area contributed by atoms with Gasteiger partial charge in [0.2, 0.25) is 0 Å². The molecule has 0 radical (unpaired) electrons. The van der Waals surface area contributed by atoms with E-state index in [1.807, 2.05) is 42.5 Å². The highest BCUT2D eigenvalue weighted by Gasteiger charge is 2.37. The van der Waals surface area contributed by atoms with Crippen molar-refractivity contribution in [2.75, 3.05) is 14.7 Å². The van der Waals surface area contributed by atoms with Gasteiger partial charge in [-0.15, -0.1) is 0 Å². The number of rotatable bonds is 9. The first-order valence-electron chi connectivity index (χ1n) is 30.8. The van der Waals surface area contributed by atoms with Gasteiger partial charge in [0.05, 0.1) is 45.2 Å². The fraction of sp³-hybridized carbons (Fsp3) is 0.0361. The van der Waals surface area contributed by atoms with Crippen molar-refractivity contribution in [3.05, 3.63) is 326 Å². The molecule has 0 bridgehead atoms. The van der Waals surface area contributed by atoms with Crippen LogP contribution in [0.3, 0.4) is 0 Å². The van der Waals surface area contributed by atoms with Crippen LogP contribution in [0.1, 0.15) is 30.5 Å². The first-order valence-corrected chi connectivity index (χ1v) is 31.2. The van der Waals surface area contributed by atoms with Gasteiger partial charge < -0.3 is 24.0 Å². The van der Waals surface area contributed by atoms with Gasteiger partial charge in [-0.25, -0.2) is 4.40 Å². The van der Waals surface area contributed by atoms with Crippen LogP contribution in [-0.2, 0) is 5.41 Å². The first kappa shape index (κ1) is 53.8. The Balaban J connectivity index is 0.758. The minimum Gasteiger partial charge on any atom is -0.453 e. The number of thiol groups is 1. The molecule has 0 atom stereocenters. The van der Waals surface area contributed by atoms with Crippen molar-refractivity contribution in [3.8, 4) is 39.4 Å². The average Bonchev–Trinajstić information content (AvgIpc) is 1.62. The summed E-state index contributed by atoms with van der Waals surface area (Å²) in [6, 6.07) is 104. The number of anilines is 8. The molecule has 3 aliphatic rings. The van der Waals surface area contributed by atoms with Crippen LogP contribution in [0.4, 0.5) is 45.5 Å². The van der Waals surface area contributed by atoms with Gasteiger partial charge >= 0.3 is 0 Å². The molecule has 0 unspecified atom stereocenters. The number of para-hydroxylation sites is 6. The summed E-state index contributed by atoms with van der Waals surface area (Å²) >= 11 is 4.67. The number of benzene rings is 13. The molecule has 432 valence electrons. The van der Waals surface area contributed by atoms with Crippen molar-refractivity contribution in [3.63, 3.8) is 0 Å². The first-order chi connectivity index (χ1) is 44.7. The van der Waals surface area contributed by atoms with E-state index < -0.39 is 0 Å². The van der Waals surface area contributed by atoms with Crippen molar-refractivity contribution in [1.82, 2.24) is 4.57 Å². The Hall–Kier alpha value is -11.5. The smallest absolute Gasteiger partial charge is 0.151 e. The third kappa shape index (κ3) is 8.81. The molecule has 0 saturated heterocycles. The van der Waals surface area contributed by atoms with Gasteiger partial charge in [0.1, 0.15) is 5.71 Å². The molecule has 14 aromatic rings. The van der Waals surface area contributed by atoms with Crippen LogP contribution in [-0.4, -0.2) is 16.0 Å². The maximum absolute atomic E-state index is 10.0. The highest BCUT2D eigenvalue weighted by atomic mass is 32.1. The molecule has 3 heterocycles. The Labute approximate surface area is 533 Å². The fourth-order valence-corrected chi connectivity index (χ4v) is 14.4. The molecule has 17 rings (SSSR count). The molecule has 1 aromatic heterocycles. The highest BCUT2D eigenvalue weighted by Crippen LogP contribution is 2.54. The SMILES string of the molecule is CC1(C)c2ccccc2N(c2ccc(-c3ccc4c(c3)c3ccc5cc6ccccc6cc5c3n4-c3ccc(C4=CC=C(N(c5ccc(-c6ccccc6)cc5)c5cccc(N6c7ccccc7Oc7ccccc76)c5)/C(=N/S)C4=N)cc3)cc2)c2ccccc21. The molecule has 0 saturated carbocycles. The Morgan fingerprint density at radius 3 is 1.66 bits per heavy atom. The second kappa shape index (κ2) is 21.4. The Morgan fingerprint density at radius 2 is 0.967 bits per heavy atom. The lowest BCUT2D eigenvalue weighted by Crippen LogP contribution is -2.30. The summed E-state index contributed by atoms with van der Waals surface area (Å²) in [5.74, 6) is 1.55. The monoisotopic (exact) mass is 1190 g/mol. The van der Waals surface area contributed by atoms with Gasteiger partial charge in [-0.3, -0.25) is 5.41 Å². The number of hydrogen-bond donors (Lipinski definition) is 2. The number of fused-ring (bicyclic) bond motifs is 10. The summed E-state index contributed by atoms with van der Waals surface area (Å²) in [7, 11) is 0. The van der Waals surface area contributed by atoms with E-state index >= 15 is 0 Å². The van der Waals surface area contributed by atoms with Crippen LogP contribution in [0.5, 0.6) is 11.5 Å². The molecule has 13 aromatic carbocycles. The second-order valence-electron chi connectivity index (χ2n) is 24.1. The Morgan fingerprint density at radius 1 is 0.407 bits per heavy atom. The predicted octanol–water partition coefficient (Wildman–Crippen LogP) is 22.5. The summed E-state index contributed by atoms with van der Waals surface area (Å²) in [6.45, 7) is 4.66. The Bertz CT molecular complexity index is 5300. The molecule has 0 amide bonds. The molecular formula is C83H58N6OS. The third-order valence-corrected chi connectivity index (χ3v) is 18.8. The number of aromatic nitrogens is 1. The molecular weight excluding hydrogens is 1130 g/mol. The van der Waals surface area contributed by atoms with E-state index in [4.69, 9.17) is 4.74 Å². The maximum Gasteiger partial charge on any atom is 0.151 e. The van der Waals surface area contributed by atoms with Gasteiger partial charge in [0, 0.05) is 55.6 Å². The van der Waals surface area contributed by atoms with E-state index in [0.717, 1.165) is 101 Å². The minimum absolute atomic E-state index is 0.130. The Kier molecular flexibility index (Phi) is 12.6. The van der Waals surface area contributed by atoms with Crippen LogP contribution in [0.25, 0.3) is 76.9 Å². The third-order valence-electron chi connectivity index (χ3n) is 18.6. The van der Waals surface area contributed by atoms with E-state index in [-0.39, 0.29) is 11.1 Å². The van der Waals surface area contributed by atoms with Gasteiger partial charge in [0.15, 0.2) is 11.5 Å². The number of allylic oxidation sites excluding steroid dienone is 4. The lowest BCUT2D eigenvalue weighted by atomic mass is 9.73. The van der Waals surface area contributed by atoms with Crippen molar-refractivity contribution in [2.24, 2.45) is 4.40 Å². The van der Waals surface area contributed by atoms with Gasteiger partial charge in [-0.05, 0) is 195 Å². The maximum atomic E-state index is 10.0. The molecule has 8 heteroatoms. The number of hydrogen-bond acceptors (Lipinski definition) is 7. The van der Waals surface area contributed by atoms with Crippen LogP contribution < -0.4 is 19.4 Å².